The van der Waals surface area contributed by atoms with Gasteiger partial charge in [-0.1, -0.05) is 12.1 Å². The Morgan fingerprint density at radius 1 is 1.00 bits per heavy atom. The number of carbonyl (C=O) groups excluding carboxylic acids is 2. The molecule has 0 saturated heterocycles. The van der Waals surface area contributed by atoms with E-state index in [0.717, 1.165) is 11.1 Å². The van der Waals surface area contributed by atoms with Crippen molar-refractivity contribution in [1.82, 2.24) is 4.72 Å². The highest BCUT2D eigenvalue weighted by atomic mass is 32.2. The van der Waals surface area contributed by atoms with Gasteiger partial charge in [-0.25, -0.2) is 17.9 Å². The van der Waals surface area contributed by atoms with Crippen LogP contribution >= 0.6 is 0 Å². The minimum absolute atomic E-state index is 0.0140. The largest absolute Gasteiger partial charge is 0.468 e. The Morgan fingerprint density at radius 2 is 1.74 bits per heavy atom. The third-order valence-corrected chi connectivity index (χ3v) is 5.64. The molecule has 3 aromatic rings. The number of sulfonamides is 1. The summed E-state index contributed by atoms with van der Waals surface area (Å²) in [5.41, 5.74) is 2.60. The number of hydrogen-bond acceptors (Lipinski definition) is 6. The second-order valence-corrected chi connectivity index (χ2v) is 8.70. The van der Waals surface area contributed by atoms with E-state index in [2.05, 4.69) is 10.0 Å². The lowest BCUT2D eigenvalue weighted by Crippen LogP contribution is -2.24. The van der Waals surface area contributed by atoms with E-state index in [0.29, 0.717) is 11.4 Å². The molecule has 0 atom stereocenters. The third kappa shape index (κ3) is 6.27. The van der Waals surface area contributed by atoms with Crippen LogP contribution in [0, 0.1) is 13.8 Å². The molecule has 0 saturated carbocycles. The van der Waals surface area contributed by atoms with Gasteiger partial charge in [-0.05, 0) is 67.4 Å². The van der Waals surface area contributed by atoms with Crippen molar-refractivity contribution in [3.8, 4) is 0 Å². The lowest BCUT2D eigenvalue weighted by molar-refractivity contribution is -0.119. The number of carbonyl (C=O) groups is 2. The Kier molecular flexibility index (Phi) is 6.88. The van der Waals surface area contributed by atoms with E-state index >= 15 is 0 Å². The maximum absolute atomic E-state index is 12.5. The van der Waals surface area contributed by atoms with Crippen molar-refractivity contribution in [2.75, 3.05) is 11.9 Å². The number of esters is 1. The maximum Gasteiger partial charge on any atom is 0.338 e. The number of nitrogens with one attached hydrogen (secondary N) is 2. The van der Waals surface area contributed by atoms with Gasteiger partial charge >= 0.3 is 5.97 Å². The first-order chi connectivity index (χ1) is 14.7. The molecular weight excluding hydrogens is 420 g/mol. The predicted molar refractivity (Wildman–Crippen MR) is 114 cm³/mol. The predicted octanol–water partition coefficient (Wildman–Crippen LogP) is 3.17. The highest BCUT2D eigenvalue weighted by Crippen LogP contribution is 2.15. The second-order valence-electron chi connectivity index (χ2n) is 6.93. The normalized spacial score (nSPS) is 11.2. The molecule has 2 N–H and O–H groups in total. The molecule has 0 aliphatic rings. The fourth-order valence-electron chi connectivity index (χ4n) is 2.91. The van der Waals surface area contributed by atoms with E-state index in [-0.39, 0.29) is 17.0 Å². The van der Waals surface area contributed by atoms with Crippen LogP contribution in [0.15, 0.2) is 70.2 Å². The van der Waals surface area contributed by atoms with Crippen molar-refractivity contribution in [1.29, 1.82) is 0 Å². The number of ether oxygens (including phenoxy) is 1. The zero-order valence-corrected chi connectivity index (χ0v) is 17.9. The SMILES string of the molecule is Cc1cc(C)cc(NC(=O)COC(=O)c2cccc(S(=O)(=O)NCc3ccco3)c2)c1. The highest BCUT2D eigenvalue weighted by Gasteiger charge is 2.18. The van der Waals surface area contributed by atoms with E-state index in [1.165, 1.54) is 30.5 Å². The molecule has 3 rings (SSSR count). The van der Waals surface area contributed by atoms with Gasteiger partial charge in [-0.3, -0.25) is 4.79 Å². The van der Waals surface area contributed by atoms with Gasteiger partial charge in [-0.2, -0.15) is 0 Å². The number of furan rings is 1. The quantitative estimate of drug-likeness (QED) is 0.518. The molecule has 0 radical (unpaired) electrons. The van der Waals surface area contributed by atoms with Crippen LogP contribution in [0.3, 0.4) is 0 Å². The molecule has 0 unspecified atom stereocenters. The summed E-state index contributed by atoms with van der Waals surface area (Å²) in [6.45, 7) is 3.29. The molecule has 1 amide bonds. The number of hydrogen-bond donors (Lipinski definition) is 2. The number of rotatable bonds is 8. The molecule has 0 spiro atoms. The summed E-state index contributed by atoms with van der Waals surface area (Å²) in [5.74, 6) is -0.852. The van der Waals surface area contributed by atoms with E-state index in [4.69, 9.17) is 9.15 Å². The first-order valence-electron chi connectivity index (χ1n) is 9.40. The van der Waals surface area contributed by atoms with Gasteiger partial charge in [0.2, 0.25) is 10.0 Å². The molecule has 0 aliphatic heterocycles. The van der Waals surface area contributed by atoms with Crippen LogP contribution in [-0.2, 0) is 26.1 Å². The lowest BCUT2D eigenvalue weighted by Gasteiger charge is -2.09. The molecule has 9 heteroatoms. The zero-order valence-electron chi connectivity index (χ0n) is 17.0. The van der Waals surface area contributed by atoms with Gasteiger partial charge in [-0.15, -0.1) is 0 Å². The van der Waals surface area contributed by atoms with Crippen molar-refractivity contribution in [2.24, 2.45) is 0 Å². The first kappa shape index (κ1) is 22.3. The van der Waals surface area contributed by atoms with E-state index < -0.39 is 28.5 Å². The first-order valence-corrected chi connectivity index (χ1v) is 10.9. The zero-order chi connectivity index (χ0) is 22.4. The summed E-state index contributed by atoms with van der Waals surface area (Å²) >= 11 is 0. The number of benzene rings is 2. The van der Waals surface area contributed by atoms with Gasteiger partial charge in [0.15, 0.2) is 6.61 Å². The highest BCUT2D eigenvalue weighted by molar-refractivity contribution is 7.89. The van der Waals surface area contributed by atoms with Crippen LogP contribution < -0.4 is 10.0 Å². The monoisotopic (exact) mass is 442 g/mol. The van der Waals surface area contributed by atoms with E-state index in [9.17, 15) is 18.0 Å². The van der Waals surface area contributed by atoms with Gasteiger partial charge in [0.05, 0.1) is 23.3 Å². The second kappa shape index (κ2) is 9.59. The molecule has 1 aromatic heterocycles. The van der Waals surface area contributed by atoms with Gasteiger partial charge in [0.1, 0.15) is 5.76 Å². The van der Waals surface area contributed by atoms with Gasteiger partial charge in [0, 0.05) is 5.69 Å². The van der Waals surface area contributed by atoms with Crippen molar-refractivity contribution in [2.45, 2.75) is 25.3 Å². The average molecular weight is 442 g/mol. The Bertz CT molecular complexity index is 1170. The minimum Gasteiger partial charge on any atom is -0.468 e. The molecule has 0 aliphatic carbocycles. The molecule has 162 valence electrons. The van der Waals surface area contributed by atoms with Crippen molar-refractivity contribution in [3.63, 3.8) is 0 Å². The summed E-state index contributed by atoms with van der Waals surface area (Å²) in [6, 6.07) is 14.2. The van der Waals surface area contributed by atoms with Crippen LogP contribution in [0.5, 0.6) is 0 Å². The summed E-state index contributed by atoms with van der Waals surface area (Å²) in [6.07, 6.45) is 1.44. The van der Waals surface area contributed by atoms with Crippen molar-refractivity contribution in [3.05, 3.63) is 83.3 Å². The molecule has 2 aromatic carbocycles. The Balaban J connectivity index is 1.59. The molecular formula is C22H22N2O6S. The van der Waals surface area contributed by atoms with Crippen LogP contribution in [0.1, 0.15) is 27.2 Å². The molecule has 1 heterocycles. The van der Waals surface area contributed by atoms with Gasteiger partial charge < -0.3 is 14.5 Å². The number of anilines is 1. The summed E-state index contributed by atoms with van der Waals surface area (Å²) in [5, 5.41) is 2.67. The van der Waals surface area contributed by atoms with Crippen LogP contribution in [-0.4, -0.2) is 26.9 Å². The average Bonchev–Trinajstić information content (AvgIpc) is 3.24. The molecule has 31 heavy (non-hydrogen) atoms. The third-order valence-electron chi connectivity index (χ3n) is 4.24. The van der Waals surface area contributed by atoms with E-state index in [1.807, 2.05) is 19.9 Å². The fourth-order valence-corrected chi connectivity index (χ4v) is 3.95. The van der Waals surface area contributed by atoms with E-state index in [1.54, 1.807) is 24.3 Å². The van der Waals surface area contributed by atoms with Crippen LogP contribution in [0.4, 0.5) is 5.69 Å². The van der Waals surface area contributed by atoms with Gasteiger partial charge in [0.25, 0.3) is 5.91 Å². The Labute approximate surface area is 180 Å². The molecule has 0 fully saturated rings. The molecule has 8 nitrogen and oxygen atoms in total. The summed E-state index contributed by atoms with van der Waals surface area (Å²) < 4.78 is 37.4. The van der Waals surface area contributed by atoms with Crippen molar-refractivity contribution >= 4 is 27.6 Å². The Morgan fingerprint density at radius 3 is 2.42 bits per heavy atom. The summed E-state index contributed by atoms with van der Waals surface area (Å²) in [7, 11) is -3.87. The van der Waals surface area contributed by atoms with Crippen molar-refractivity contribution < 1.29 is 27.2 Å². The number of amides is 1. The van der Waals surface area contributed by atoms with Crippen LogP contribution in [0.25, 0.3) is 0 Å². The lowest BCUT2D eigenvalue weighted by atomic mass is 10.1. The smallest absolute Gasteiger partial charge is 0.338 e. The Hall–Kier alpha value is -3.43. The molecule has 0 bridgehead atoms. The fraction of sp³-hybridized carbons (Fsp3) is 0.182. The van der Waals surface area contributed by atoms with Crippen LogP contribution in [0.2, 0.25) is 0 Å². The maximum atomic E-state index is 12.5. The number of aryl methyl sites for hydroxylation is 2. The summed E-state index contributed by atoms with van der Waals surface area (Å²) in [4.78, 5) is 24.3. The minimum atomic E-state index is -3.87. The topological polar surface area (TPSA) is 115 Å². The standard InChI is InChI=1S/C22H22N2O6S/c1-15-9-16(2)11-18(10-15)24-21(25)14-30-22(26)17-5-3-7-20(12-17)31(27,28)23-13-19-6-4-8-29-19/h3-12,23H,13-14H2,1-2H3,(H,24,25).